The Hall–Kier alpha value is -3.48. The summed E-state index contributed by atoms with van der Waals surface area (Å²) in [5.41, 5.74) is 3.68. The quantitative estimate of drug-likeness (QED) is 0.599. The van der Waals surface area contributed by atoms with Crippen molar-refractivity contribution in [2.75, 3.05) is 5.32 Å². The van der Waals surface area contributed by atoms with Crippen molar-refractivity contribution in [2.24, 2.45) is 0 Å². The fourth-order valence-electron chi connectivity index (χ4n) is 3.03. The van der Waals surface area contributed by atoms with E-state index in [1.54, 1.807) is 12.3 Å². The van der Waals surface area contributed by atoms with Crippen LogP contribution in [0, 0.1) is 6.92 Å². The number of rotatable bonds is 4. The molecule has 27 heavy (non-hydrogen) atoms. The van der Waals surface area contributed by atoms with Crippen LogP contribution in [0.2, 0.25) is 0 Å². The Bertz CT molecular complexity index is 1120. The highest BCUT2D eigenvalue weighted by molar-refractivity contribution is 6.03. The van der Waals surface area contributed by atoms with E-state index in [2.05, 4.69) is 20.4 Å². The van der Waals surface area contributed by atoms with Gasteiger partial charge in [-0.1, -0.05) is 17.3 Å². The molecule has 1 saturated carbocycles. The van der Waals surface area contributed by atoms with E-state index in [1.165, 1.54) is 0 Å². The third-order valence-corrected chi connectivity index (χ3v) is 4.76. The molecule has 134 valence electrons. The van der Waals surface area contributed by atoms with Gasteiger partial charge in [0.2, 0.25) is 5.78 Å². The molecule has 1 amide bonds. The Morgan fingerprint density at radius 2 is 2.19 bits per heavy atom. The number of carbonyl (C=O) groups is 1. The summed E-state index contributed by atoms with van der Waals surface area (Å²) in [7, 11) is 0. The summed E-state index contributed by atoms with van der Waals surface area (Å²) in [5, 5.41) is 6.83. The van der Waals surface area contributed by atoms with Crippen LogP contribution in [0.4, 0.5) is 5.69 Å². The zero-order valence-electron chi connectivity index (χ0n) is 14.7. The Morgan fingerprint density at radius 3 is 3.00 bits per heavy atom. The third-order valence-electron chi connectivity index (χ3n) is 4.76. The van der Waals surface area contributed by atoms with E-state index in [9.17, 15) is 4.79 Å². The van der Waals surface area contributed by atoms with E-state index in [4.69, 9.17) is 4.52 Å². The molecule has 7 heteroatoms. The van der Waals surface area contributed by atoms with Gasteiger partial charge in [-0.05, 0) is 37.5 Å². The average molecular weight is 359 g/mol. The highest BCUT2D eigenvalue weighted by Gasteiger charge is 2.29. The molecule has 1 aliphatic rings. The molecule has 5 rings (SSSR count). The summed E-state index contributed by atoms with van der Waals surface area (Å²) >= 11 is 0. The van der Waals surface area contributed by atoms with Crippen molar-refractivity contribution in [2.45, 2.75) is 25.7 Å². The minimum absolute atomic E-state index is 0.275. The lowest BCUT2D eigenvalue weighted by Gasteiger charge is -2.08. The number of nitrogens with zero attached hydrogens (tertiary/aromatic N) is 4. The second-order valence-corrected chi connectivity index (χ2v) is 6.83. The van der Waals surface area contributed by atoms with Gasteiger partial charge in [0.15, 0.2) is 5.69 Å². The Balaban J connectivity index is 1.43. The molecular formula is C20H17N5O2. The Kier molecular flexibility index (Phi) is 3.53. The summed E-state index contributed by atoms with van der Waals surface area (Å²) in [6.45, 7) is 1.95. The van der Waals surface area contributed by atoms with E-state index in [1.807, 2.05) is 48.0 Å². The first-order chi connectivity index (χ1) is 13.2. The van der Waals surface area contributed by atoms with Gasteiger partial charge in [0, 0.05) is 41.8 Å². The monoisotopic (exact) mass is 359 g/mol. The summed E-state index contributed by atoms with van der Waals surface area (Å²) in [4.78, 5) is 21.3. The topological polar surface area (TPSA) is 85.3 Å². The molecule has 1 aromatic carbocycles. The lowest BCUT2D eigenvalue weighted by atomic mass is 10.1. The molecule has 0 saturated heterocycles. The van der Waals surface area contributed by atoms with Gasteiger partial charge in [-0.15, -0.1) is 0 Å². The SMILES string of the molecule is Cc1ccc(-c2cn3cccnc3n2)cc1NC(=O)c1cc(C2CC2)on1. The molecule has 1 fully saturated rings. The van der Waals surface area contributed by atoms with Crippen molar-refractivity contribution in [3.63, 3.8) is 0 Å². The predicted molar refractivity (Wildman–Crippen MR) is 99.6 cm³/mol. The lowest BCUT2D eigenvalue weighted by Crippen LogP contribution is -2.13. The largest absolute Gasteiger partial charge is 0.360 e. The van der Waals surface area contributed by atoms with Crippen molar-refractivity contribution in [3.8, 4) is 11.3 Å². The minimum Gasteiger partial charge on any atom is -0.360 e. The third kappa shape index (κ3) is 2.97. The smallest absolute Gasteiger partial charge is 0.277 e. The van der Waals surface area contributed by atoms with Crippen LogP contribution in [0.5, 0.6) is 0 Å². The molecule has 0 atom stereocenters. The molecule has 4 aromatic rings. The summed E-state index contributed by atoms with van der Waals surface area (Å²) < 4.78 is 7.14. The normalized spacial score (nSPS) is 13.8. The fourth-order valence-corrected chi connectivity index (χ4v) is 3.03. The zero-order valence-corrected chi connectivity index (χ0v) is 14.7. The van der Waals surface area contributed by atoms with Crippen molar-refractivity contribution < 1.29 is 9.32 Å². The molecule has 1 N–H and O–H groups in total. The number of aromatic nitrogens is 4. The Labute approximate surface area is 155 Å². The standard InChI is InChI=1S/C20H17N5O2/c1-12-3-4-14(17-11-25-8-2-7-21-20(25)23-17)9-15(12)22-19(26)16-10-18(27-24-16)13-5-6-13/h2-4,7-11,13H,5-6H2,1H3,(H,22,26). The minimum atomic E-state index is -0.275. The number of anilines is 1. The average Bonchev–Trinajstić information content (AvgIpc) is 3.24. The second kappa shape index (κ2) is 6.05. The van der Waals surface area contributed by atoms with Crippen molar-refractivity contribution in [3.05, 3.63) is 65.9 Å². The molecule has 0 spiro atoms. The number of imidazole rings is 1. The first-order valence-electron chi connectivity index (χ1n) is 8.86. The summed E-state index contributed by atoms with van der Waals surface area (Å²) in [5.74, 6) is 1.58. The van der Waals surface area contributed by atoms with Crippen LogP contribution in [-0.2, 0) is 0 Å². The van der Waals surface area contributed by atoms with Crippen LogP contribution in [0.25, 0.3) is 17.0 Å². The van der Waals surface area contributed by atoms with Crippen LogP contribution < -0.4 is 5.32 Å². The number of nitrogens with one attached hydrogen (secondary N) is 1. The van der Waals surface area contributed by atoms with Gasteiger partial charge in [-0.25, -0.2) is 9.97 Å². The maximum absolute atomic E-state index is 12.5. The van der Waals surface area contributed by atoms with Gasteiger partial charge < -0.3 is 9.84 Å². The highest BCUT2D eigenvalue weighted by Crippen LogP contribution is 2.40. The van der Waals surface area contributed by atoms with E-state index in [0.717, 1.165) is 41.1 Å². The number of aryl methyl sites for hydroxylation is 1. The number of fused-ring (bicyclic) bond motifs is 1. The predicted octanol–water partition coefficient (Wildman–Crippen LogP) is 3.82. The molecule has 0 radical (unpaired) electrons. The molecule has 0 bridgehead atoms. The van der Waals surface area contributed by atoms with Crippen LogP contribution in [0.3, 0.4) is 0 Å². The van der Waals surface area contributed by atoms with E-state index in [0.29, 0.717) is 17.4 Å². The summed E-state index contributed by atoms with van der Waals surface area (Å²) in [6.07, 6.45) is 7.73. The molecule has 3 heterocycles. The van der Waals surface area contributed by atoms with E-state index >= 15 is 0 Å². The van der Waals surface area contributed by atoms with E-state index in [-0.39, 0.29) is 5.91 Å². The first kappa shape index (κ1) is 15.7. The van der Waals surface area contributed by atoms with Crippen molar-refractivity contribution in [1.82, 2.24) is 19.5 Å². The summed E-state index contributed by atoms with van der Waals surface area (Å²) in [6, 6.07) is 9.44. The molecule has 1 aliphatic carbocycles. The number of hydrogen-bond donors (Lipinski definition) is 1. The number of amides is 1. The highest BCUT2D eigenvalue weighted by atomic mass is 16.5. The number of hydrogen-bond acceptors (Lipinski definition) is 5. The van der Waals surface area contributed by atoms with Gasteiger partial charge in [-0.3, -0.25) is 9.20 Å². The molecule has 0 unspecified atom stereocenters. The second-order valence-electron chi connectivity index (χ2n) is 6.83. The lowest BCUT2D eigenvalue weighted by molar-refractivity contribution is 0.101. The maximum atomic E-state index is 12.5. The Morgan fingerprint density at radius 1 is 1.30 bits per heavy atom. The molecular weight excluding hydrogens is 342 g/mol. The van der Waals surface area contributed by atoms with Crippen LogP contribution in [0.1, 0.15) is 40.6 Å². The molecule has 0 aliphatic heterocycles. The van der Waals surface area contributed by atoms with Gasteiger partial charge in [-0.2, -0.15) is 0 Å². The first-order valence-corrected chi connectivity index (χ1v) is 8.86. The number of benzene rings is 1. The van der Waals surface area contributed by atoms with Crippen LogP contribution >= 0.6 is 0 Å². The fraction of sp³-hybridized carbons (Fsp3) is 0.200. The van der Waals surface area contributed by atoms with Crippen LogP contribution in [-0.4, -0.2) is 25.4 Å². The van der Waals surface area contributed by atoms with Gasteiger partial charge in [0.05, 0.1) is 5.69 Å². The van der Waals surface area contributed by atoms with Crippen molar-refractivity contribution >= 4 is 17.4 Å². The molecule has 3 aromatic heterocycles. The van der Waals surface area contributed by atoms with Gasteiger partial charge in [0.25, 0.3) is 5.91 Å². The van der Waals surface area contributed by atoms with Gasteiger partial charge in [0.1, 0.15) is 5.76 Å². The number of carbonyl (C=O) groups excluding carboxylic acids is 1. The zero-order chi connectivity index (χ0) is 18.4. The van der Waals surface area contributed by atoms with Gasteiger partial charge >= 0.3 is 0 Å². The van der Waals surface area contributed by atoms with Crippen LogP contribution in [0.15, 0.2) is 53.4 Å². The van der Waals surface area contributed by atoms with Crippen molar-refractivity contribution in [1.29, 1.82) is 0 Å². The van der Waals surface area contributed by atoms with E-state index < -0.39 is 0 Å². The molecule has 7 nitrogen and oxygen atoms in total. The maximum Gasteiger partial charge on any atom is 0.277 e.